The summed E-state index contributed by atoms with van der Waals surface area (Å²) in [6.45, 7) is 8.45. The van der Waals surface area contributed by atoms with E-state index in [1.54, 1.807) is 18.2 Å². The van der Waals surface area contributed by atoms with Gasteiger partial charge in [-0.2, -0.15) is 9.97 Å². The number of phenols is 1. The molecule has 6 fully saturated rings. The minimum absolute atomic E-state index is 0.0409. The summed E-state index contributed by atoms with van der Waals surface area (Å²) in [5.41, 5.74) is 0.913. The van der Waals surface area contributed by atoms with Crippen molar-refractivity contribution in [3.8, 4) is 22.9 Å². The lowest BCUT2D eigenvalue weighted by Crippen LogP contribution is -2.55. The summed E-state index contributed by atoms with van der Waals surface area (Å²) in [7, 11) is 0. The Hall–Kier alpha value is -3.31. The van der Waals surface area contributed by atoms with Gasteiger partial charge < -0.3 is 24.8 Å². The SMILES string of the molecule is CC1COCC(C)N1CCCOc1nc(N2CC3CCC(C2)N3)c2cc(Cl)c(-c3cc(O)cc4ccc(F)c(C56CC(C5)C6)c34)c(F)c2n1. The molecule has 49 heavy (non-hydrogen) atoms. The largest absolute Gasteiger partial charge is 0.508 e. The molecule has 3 saturated carbocycles. The number of nitrogens with zero attached hydrogens (tertiary/aromatic N) is 4. The number of benzene rings is 3. The molecule has 3 saturated heterocycles. The van der Waals surface area contributed by atoms with Crippen LogP contribution in [0.3, 0.4) is 0 Å². The number of piperazine rings is 1. The monoisotopic (exact) mass is 689 g/mol. The average Bonchev–Trinajstić information content (AvgIpc) is 3.37. The third-order valence-electron chi connectivity index (χ3n) is 11.9. The van der Waals surface area contributed by atoms with Crippen LogP contribution in [0.25, 0.3) is 32.8 Å². The van der Waals surface area contributed by atoms with Crippen LogP contribution in [0.5, 0.6) is 11.8 Å². The zero-order valence-electron chi connectivity index (χ0n) is 27.9. The number of aromatic hydroxyl groups is 1. The van der Waals surface area contributed by atoms with Crippen LogP contribution in [-0.2, 0) is 10.2 Å². The van der Waals surface area contributed by atoms with Crippen LogP contribution in [0.4, 0.5) is 14.6 Å². The minimum Gasteiger partial charge on any atom is -0.508 e. The summed E-state index contributed by atoms with van der Waals surface area (Å²) in [6.07, 6.45) is 5.68. The van der Waals surface area contributed by atoms with E-state index in [1.807, 2.05) is 0 Å². The van der Waals surface area contributed by atoms with E-state index in [0.717, 1.165) is 58.2 Å². The number of hydrogen-bond donors (Lipinski definition) is 2. The molecule has 2 N–H and O–H groups in total. The predicted octanol–water partition coefficient (Wildman–Crippen LogP) is 6.96. The molecule has 0 amide bonds. The maximum absolute atomic E-state index is 17.3. The fourth-order valence-electron chi connectivity index (χ4n) is 9.49. The highest BCUT2D eigenvalue weighted by Gasteiger charge is 2.59. The summed E-state index contributed by atoms with van der Waals surface area (Å²) in [4.78, 5) is 14.2. The standard InChI is InChI=1S/C38H42ClF2N5O3/c1-20-18-48-19-21(2)46(20)8-3-9-49-37-43-35-28(36(44-37)45-16-24-5-6-25(17-45)42-24)12-29(39)32(34(35)41)27-11-26(47)10-23-4-7-30(40)33(31(23)27)38-13-22(14-38)15-38/h4,7,10-12,20-22,24-25,42,47H,3,5-6,8-9,13-19H2,1-2H3. The van der Waals surface area contributed by atoms with Gasteiger partial charge in [0, 0.05) is 60.3 Å². The van der Waals surface area contributed by atoms with Gasteiger partial charge in [0.05, 0.1) is 24.8 Å². The fraction of sp³-hybridized carbons (Fsp3) is 0.526. The number of nitrogens with one attached hydrogen (secondary N) is 1. The van der Waals surface area contributed by atoms with Gasteiger partial charge in [-0.1, -0.05) is 17.7 Å². The van der Waals surface area contributed by atoms with Crippen molar-refractivity contribution in [1.29, 1.82) is 0 Å². The number of morpholine rings is 1. The first kappa shape index (κ1) is 31.7. The number of fused-ring (bicyclic) bond motifs is 4. The van der Waals surface area contributed by atoms with Crippen molar-refractivity contribution in [2.24, 2.45) is 5.92 Å². The van der Waals surface area contributed by atoms with Crippen LogP contribution in [0.2, 0.25) is 5.02 Å². The zero-order chi connectivity index (χ0) is 33.6. The Morgan fingerprint density at radius 1 is 1.04 bits per heavy atom. The van der Waals surface area contributed by atoms with Gasteiger partial charge in [0.25, 0.3) is 0 Å². The Balaban J connectivity index is 1.14. The molecule has 258 valence electrons. The molecule has 4 aromatic rings. The molecule has 4 heterocycles. The summed E-state index contributed by atoms with van der Waals surface area (Å²) in [6, 6.07) is 9.39. The first-order valence-electron chi connectivity index (χ1n) is 17.8. The highest BCUT2D eigenvalue weighted by Crippen LogP contribution is 2.67. The Labute approximate surface area is 289 Å². The summed E-state index contributed by atoms with van der Waals surface area (Å²) in [5.74, 6) is 0.239. The topological polar surface area (TPSA) is 83.0 Å². The molecule has 11 heteroatoms. The van der Waals surface area contributed by atoms with Crippen LogP contribution >= 0.6 is 11.6 Å². The molecule has 0 spiro atoms. The van der Waals surface area contributed by atoms with Crippen molar-refractivity contribution in [1.82, 2.24) is 20.2 Å². The number of anilines is 1. The predicted molar refractivity (Wildman–Crippen MR) is 187 cm³/mol. The van der Waals surface area contributed by atoms with Gasteiger partial charge in [-0.15, -0.1) is 0 Å². The molecule has 0 radical (unpaired) electrons. The van der Waals surface area contributed by atoms with Crippen LogP contribution in [0.1, 0.15) is 57.9 Å². The van der Waals surface area contributed by atoms with Crippen LogP contribution in [0, 0.1) is 17.6 Å². The number of phenolic OH excluding ortho intramolecular Hbond substituents is 1. The van der Waals surface area contributed by atoms with E-state index >= 15 is 8.78 Å². The van der Waals surface area contributed by atoms with Gasteiger partial charge >= 0.3 is 6.01 Å². The number of aromatic nitrogens is 2. The molecular formula is C38H42ClF2N5O3. The van der Waals surface area contributed by atoms with Crippen molar-refractivity contribution in [3.05, 3.63) is 52.6 Å². The fourth-order valence-corrected chi connectivity index (χ4v) is 9.79. The van der Waals surface area contributed by atoms with Gasteiger partial charge in [-0.25, -0.2) is 8.78 Å². The second-order valence-electron chi connectivity index (χ2n) is 15.3. The lowest BCUT2D eigenvalue weighted by Gasteiger charge is -2.62. The summed E-state index contributed by atoms with van der Waals surface area (Å²) < 4.78 is 44.9. The molecule has 10 rings (SSSR count). The molecule has 4 unspecified atom stereocenters. The third kappa shape index (κ3) is 5.24. The normalized spacial score (nSPS) is 29.3. The molecular weight excluding hydrogens is 648 g/mol. The van der Waals surface area contributed by atoms with Gasteiger partial charge in [0.15, 0.2) is 5.82 Å². The number of ether oxygens (including phenoxy) is 2. The van der Waals surface area contributed by atoms with E-state index in [2.05, 4.69) is 33.9 Å². The molecule has 3 aliphatic carbocycles. The Kier molecular flexibility index (Phi) is 7.68. The smallest absolute Gasteiger partial charge is 0.319 e. The molecule has 4 atom stereocenters. The Morgan fingerprint density at radius 2 is 1.78 bits per heavy atom. The molecule has 8 nitrogen and oxygen atoms in total. The summed E-state index contributed by atoms with van der Waals surface area (Å²) in [5, 5.41) is 16.4. The number of hydrogen-bond acceptors (Lipinski definition) is 8. The first-order valence-corrected chi connectivity index (χ1v) is 18.2. The highest BCUT2D eigenvalue weighted by molar-refractivity contribution is 6.35. The average molecular weight is 690 g/mol. The van der Waals surface area contributed by atoms with E-state index in [4.69, 9.17) is 26.1 Å². The maximum atomic E-state index is 17.3. The third-order valence-corrected chi connectivity index (χ3v) is 12.2. The van der Waals surface area contributed by atoms with Gasteiger partial charge in [0.2, 0.25) is 0 Å². The van der Waals surface area contributed by atoms with E-state index in [0.29, 0.717) is 83.0 Å². The van der Waals surface area contributed by atoms with E-state index in [1.165, 1.54) is 12.1 Å². The molecule has 1 aromatic heterocycles. The number of rotatable bonds is 8. The Bertz CT molecular complexity index is 1940. The lowest BCUT2D eigenvalue weighted by atomic mass is 9.42. The first-order chi connectivity index (χ1) is 23.7. The van der Waals surface area contributed by atoms with Gasteiger partial charge in [-0.3, -0.25) is 4.90 Å². The van der Waals surface area contributed by atoms with Crippen molar-refractivity contribution in [2.45, 2.75) is 82.0 Å². The van der Waals surface area contributed by atoms with Crippen LogP contribution in [-0.4, -0.2) is 83.6 Å². The van der Waals surface area contributed by atoms with E-state index < -0.39 is 5.82 Å². The number of halogens is 3. The zero-order valence-corrected chi connectivity index (χ0v) is 28.7. The lowest BCUT2D eigenvalue weighted by molar-refractivity contribution is -0.0380. The van der Waals surface area contributed by atoms with Crippen LogP contribution < -0.4 is 15.0 Å². The molecule has 3 aliphatic heterocycles. The van der Waals surface area contributed by atoms with Crippen LogP contribution in [0.15, 0.2) is 30.3 Å². The second-order valence-corrected chi connectivity index (χ2v) is 15.7. The second kappa shape index (κ2) is 11.9. The van der Waals surface area contributed by atoms with Crippen molar-refractivity contribution < 1.29 is 23.4 Å². The van der Waals surface area contributed by atoms with Crippen molar-refractivity contribution in [2.75, 3.05) is 44.4 Å². The van der Waals surface area contributed by atoms with Gasteiger partial charge in [-0.05, 0) is 104 Å². The van der Waals surface area contributed by atoms with Crippen molar-refractivity contribution >= 4 is 39.1 Å². The Morgan fingerprint density at radius 3 is 2.47 bits per heavy atom. The summed E-state index contributed by atoms with van der Waals surface area (Å²) >= 11 is 7.03. The maximum Gasteiger partial charge on any atom is 0.319 e. The van der Waals surface area contributed by atoms with Crippen molar-refractivity contribution in [3.63, 3.8) is 0 Å². The quantitative estimate of drug-likeness (QED) is 0.192. The molecule has 6 aliphatic rings. The molecule has 4 bridgehead atoms. The van der Waals surface area contributed by atoms with E-state index in [-0.39, 0.29) is 39.1 Å². The minimum atomic E-state index is -0.634. The molecule has 3 aromatic carbocycles. The van der Waals surface area contributed by atoms with Gasteiger partial charge in [0.1, 0.15) is 22.9 Å². The van der Waals surface area contributed by atoms with E-state index in [9.17, 15) is 5.11 Å². The highest BCUT2D eigenvalue weighted by atomic mass is 35.5.